The van der Waals surface area contributed by atoms with Crippen LogP contribution in [0.15, 0.2) is 82.6 Å². The predicted octanol–water partition coefficient (Wildman–Crippen LogP) is 5.21. The number of rotatable bonds is 6. The van der Waals surface area contributed by atoms with Gasteiger partial charge in [-0.3, -0.25) is 18.9 Å². The van der Waals surface area contributed by atoms with Crippen molar-refractivity contribution in [1.29, 1.82) is 0 Å². The Morgan fingerprint density at radius 2 is 1.83 bits per heavy atom. The first-order valence-corrected chi connectivity index (χ1v) is 12.3. The molecule has 4 aromatic rings. The summed E-state index contributed by atoms with van der Waals surface area (Å²) < 4.78 is 13.1. The van der Waals surface area contributed by atoms with Gasteiger partial charge in [-0.25, -0.2) is 0 Å². The van der Waals surface area contributed by atoms with E-state index < -0.39 is 0 Å². The lowest BCUT2D eigenvalue weighted by Gasteiger charge is -2.14. The molecule has 36 heavy (non-hydrogen) atoms. The van der Waals surface area contributed by atoms with E-state index in [0.29, 0.717) is 27.2 Å². The van der Waals surface area contributed by atoms with Gasteiger partial charge in [-0.15, -0.1) is 0 Å². The van der Waals surface area contributed by atoms with E-state index in [9.17, 15) is 9.59 Å². The topological polar surface area (TPSA) is 73.1 Å². The van der Waals surface area contributed by atoms with E-state index >= 15 is 0 Å². The molecule has 2 aromatic carbocycles. The molecule has 1 aliphatic rings. The van der Waals surface area contributed by atoms with Crippen LogP contribution in [0.25, 0.3) is 11.7 Å². The number of thiocarbonyl (C=S) groups is 1. The van der Waals surface area contributed by atoms with Crippen LogP contribution in [0.1, 0.15) is 16.7 Å². The number of hydrogen-bond acceptors (Lipinski definition) is 7. The van der Waals surface area contributed by atoms with Gasteiger partial charge < -0.3 is 9.47 Å². The number of nitrogens with zero attached hydrogens (tertiary/aromatic N) is 3. The summed E-state index contributed by atoms with van der Waals surface area (Å²) >= 11 is 6.64. The summed E-state index contributed by atoms with van der Waals surface area (Å²) in [6.07, 6.45) is 3.15. The van der Waals surface area contributed by atoms with Crippen molar-refractivity contribution in [2.24, 2.45) is 0 Å². The first-order valence-electron chi connectivity index (χ1n) is 11.1. The summed E-state index contributed by atoms with van der Waals surface area (Å²) in [6, 6.07) is 20.2. The van der Waals surface area contributed by atoms with Crippen LogP contribution in [0.5, 0.6) is 17.4 Å². The number of amides is 1. The number of aromatic nitrogens is 2. The van der Waals surface area contributed by atoms with Gasteiger partial charge in [0.15, 0.2) is 0 Å². The summed E-state index contributed by atoms with van der Waals surface area (Å²) in [4.78, 5) is 33.1. The van der Waals surface area contributed by atoms with Crippen molar-refractivity contribution in [1.82, 2.24) is 14.3 Å². The number of fused-ring (bicyclic) bond motifs is 1. The van der Waals surface area contributed by atoms with E-state index in [1.54, 1.807) is 37.6 Å². The molecule has 0 spiro atoms. The molecule has 180 valence electrons. The smallest absolute Gasteiger partial charge is 0.269 e. The molecule has 1 aliphatic heterocycles. The number of hydrogen-bond donors (Lipinski definition) is 0. The molecular formula is C27H21N3O4S2. The Hall–Kier alpha value is -3.95. The van der Waals surface area contributed by atoms with Crippen LogP contribution >= 0.6 is 24.0 Å². The zero-order chi connectivity index (χ0) is 25.2. The molecule has 1 amide bonds. The Morgan fingerprint density at radius 1 is 1.03 bits per heavy atom. The highest BCUT2D eigenvalue weighted by molar-refractivity contribution is 8.26. The second-order valence-corrected chi connectivity index (χ2v) is 9.77. The van der Waals surface area contributed by atoms with E-state index in [1.807, 2.05) is 49.4 Å². The zero-order valence-corrected chi connectivity index (χ0v) is 21.1. The molecule has 0 saturated carbocycles. The number of aryl methyl sites for hydroxylation is 1. The van der Waals surface area contributed by atoms with Gasteiger partial charge in [0.25, 0.3) is 11.5 Å². The van der Waals surface area contributed by atoms with Crippen molar-refractivity contribution in [3.8, 4) is 17.4 Å². The molecule has 7 nitrogen and oxygen atoms in total. The number of pyridine rings is 1. The maximum atomic E-state index is 13.4. The maximum absolute atomic E-state index is 13.4. The fraction of sp³-hybridized carbons (Fsp3) is 0.111. The Kier molecular flexibility index (Phi) is 6.58. The van der Waals surface area contributed by atoms with Crippen LogP contribution in [0.2, 0.25) is 0 Å². The van der Waals surface area contributed by atoms with Crippen LogP contribution in [0, 0.1) is 6.92 Å². The van der Waals surface area contributed by atoms with Crippen LogP contribution in [-0.2, 0) is 11.3 Å². The lowest BCUT2D eigenvalue weighted by Crippen LogP contribution is -2.27. The van der Waals surface area contributed by atoms with Crippen molar-refractivity contribution < 1.29 is 14.3 Å². The van der Waals surface area contributed by atoms with Crippen LogP contribution in [0.3, 0.4) is 0 Å². The Balaban J connectivity index is 1.53. The molecule has 1 fully saturated rings. The van der Waals surface area contributed by atoms with Crippen LogP contribution in [0.4, 0.5) is 0 Å². The van der Waals surface area contributed by atoms with Gasteiger partial charge >= 0.3 is 0 Å². The van der Waals surface area contributed by atoms with Crippen molar-refractivity contribution in [2.45, 2.75) is 13.5 Å². The Bertz CT molecular complexity index is 1580. The molecule has 9 heteroatoms. The summed E-state index contributed by atoms with van der Waals surface area (Å²) in [6.45, 7) is 2.26. The molecule has 0 N–H and O–H groups in total. The summed E-state index contributed by atoms with van der Waals surface area (Å²) in [5, 5.41) is 0. The number of methoxy groups -OCH3 is 1. The molecule has 0 atom stereocenters. The third-order valence-corrected chi connectivity index (χ3v) is 6.96. The lowest BCUT2D eigenvalue weighted by atomic mass is 10.2. The van der Waals surface area contributed by atoms with Gasteiger partial charge in [0, 0.05) is 6.20 Å². The lowest BCUT2D eigenvalue weighted by molar-refractivity contribution is -0.122. The second-order valence-electron chi connectivity index (χ2n) is 8.10. The van der Waals surface area contributed by atoms with E-state index in [2.05, 4.69) is 4.98 Å². The largest absolute Gasteiger partial charge is 0.497 e. The Morgan fingerprint density at radius 3 is 2.58 bits per heavy atom. The molecule has 0 unspecified atom stereocenters. The number of benzene rings is 2. The molecule has 2 aromatic heterocycles. The molecule has 3 heterocycles. The average Bonchev–Trinajstić information content (AvgIpc) is 3.14. The van der Waals surface area contributed by atoms with E-state index in [0.717, 1.165) is 28.6 Å². The van der Waals surface area contributed by atoms with Gasteiger partial charge in [-0.1, -0.05) is 54.3 Å². The van der Waals surface area contributed by atoms with Gasteiger partial charge in [0.1, 0.15) is 27.0 Å². The minimum Gasteiger partial charge on any atom is -0.497 e. The SMILES string of the molecule is COc1ccc(CN2C(=O)/C(=C\c3c(Oc4cccc(C)c4)nc4ccccn4c3=O)SC2=S)cc1. The third-order valence-electron chi connectivity index (χ3n) is 5.59. The predicted molar refractivity (Wildman–Crippen MR) is 144 cm³/mol. The van der Waals surface area contributed by atoms with Crippen molar-refractivity contribution in [3.05, 3.63) is 105 Å². The summed E-state index contributed by atoms with van der Waals surface area (Å²) in [5.41, 5.74) is 2.18. The molecule has 0 radical (unpaired) electrons. The number of thioether (sulfide) groups is 1. The van der Waals surface area contributed by atoms with Crippen molar-refractivity contribution in [2.75, 3.05) is 7.11 Å². The van der Waals surface area contributed by atoms with E-state index in [-0.39, 0.29) is 22.9 Å². The highest BCUT2D eigenvalue weighted by atomic mass is 32.2. The molecule has 1 saturated heterocycles. The summed E-state index contributed by atoms with van der Waals surface area (Å²) in [7, 11) is 1.60. The number of carbonyl (C=O) groups is 1. The monoisotopic (exact) mass is 515 g/mol. The standard InChI is InChI=1S/C27H21N3O4S2/c1-17-6-5-7-20(14-17)34-24-21(25(31)29-13-4-3-8-23(29)28-24)15-22-26(32)30(27(35)36-22)16-18-9-11-19(33-2)12-10-18/h3-15H,16H2,1-2H3/b22-15+. The fourth-order valence-electron chi connectivity index (χ4n) is 3.76. The van der Waals surface area contributed by atoms with Gasteiger partial charge in [0.05, 0.1) is 18.6 Å². The highest BCUT2D eigenvalue weighted by Gasteiger charge is 2.33. The number of carbonyl (C=O) groups excluding carboxylic acids is 1. The van der Waals surface area contributed by atoms with Crippen LogP contribution < -0.4 is 15.0 Å². The van der Waals surface area contributed by atoms with Crippen molar-refractivity contribution >= 4 is 45.9 Å². The maximum Gasteiger partial charge on any atom is 0.269 e. The van der Waals surface area contributed by atoms with E-state index in [1.165, 1.54) is 15.4 Å². The first-order chi connectivity index (χ1) is 17.4. The number of ether oxygens (including phenoxy) is 2. The molecular weight excluding hydrogens is 494 g/mol. The molecule has 0 bridgehead atoms. The van der Waals surface area contributed by atoms with Crippen LogP contribution in [-0.4, -0.2) is 31.6 Å². The van der Waals surface area contributed by atoms with Gasteiger partial charge in [-0.05, 0) is 60.5 Å². The Labute approximate surface area is 217 Å². The average molecular weight is 516 g/mol. The fourth-order valence-corrected chi connectivity index (χ4v) is 4.99. The molecule has 5 rings (SSSR count). The quantitative estimate of drug-likeness (QED) is 0.258. The minimum absolute atomic E-state index is 0.122. The van der Waals surface area contributed by atoms with E-state index in [4.69, 9.17) is 21.7 Å². The van der Waals surface area contributed by atoms with Gasteiger partial charge in [-0.2, -0.15) is 4.98 Å². The zero-order valence-electron chi connectivity index (χ0n) is 19.5. The highest BCUT2D eigenvalue weighted by Crippen LogP contribution is 2.35. The van der Waals surface area contributed by atoms with Crippen molar-refractivity contribution in [3.63, 3.8) is 0 Å². The third kappa shape index (κ3) is 4.75. The van der Waals surface area contributed by atoms with Gasteiger partial charge in [0.2, 0.25) is 5.88 Å². The molecule has 0 aliphatic carbocycles. The summed E-state index contributed by atoms with van der Waals surface area (Å²) in [5.74, 6) is 1.12. The minimum atomic E-state index is -0.344. The normalized spacial score (nSPS) is 14.6. The second kappa shape index (κ2) is 9.96. The first kappa shape index (κ1) is 23.8.